The van der Waals surface area contributed by atoms with E-state index < -0.39 is 0 Å². The van der Waals surface area contributed by atoms with Crippen molar-refractivity contribution >= 4 is 33.8 Å². The minimum absolute atomic E-state index is 0.339. The molecular weight excluding hydrogens is 262 g/mol. The minimum atomic E-state index is -0.339. The van der Waals surface area contributed by atoms with E-state index in [1.54, 1.807) is 23.9 Å². The summed E-state index contributed by atoms with van der Waals surface area (Å²) in [7, 11) is 0. The predicted octanol–water partition coefficient (Wildman–Crippen LogP) is 3.74. The smallest absolute Gasteiger partial charge is 0.336 e. The standard InChI is InChI=1S/C14H13NO3S/c1-3-6-19-14-15-13-10(18-14)5-4-9-12(13)8(2)7-11(16)17-9/h4-5,7H,3,6H2,1-2H3. The van der Waals surface area contributed by atoms with Crippen LogP contribution >= 0.6 is 11.8 Å². The van der Waals surface area contributed by atoms with Gasteiger partial charge in [0.2, 0.25) is 0 Å². The first-order valence-corrected chi connectivity index (χ1v) is 7.14. The zero-order chi connectivity index (χ0) is 13.4. The summed E-state index contributed by atoms with van der Waals surface area (Å²) in [6, 6.07) is 5.03. The summed E-state index contributed by atoms with van der Waals surface area (Å²) in [5, 5.41) is 1.51. The molecule has 98 valence electrons. The lowest BCUT2D eigenvalue weighted by Crippen LogP contribution is -1.97. The normalized spacial score (nSPS) is 11.5. The number of thioether (sulfide) groups is 1. The first-order valence-electron chi connectivity index (χ1n) is 6.16. The van der Waals surface area contributed by atoms with Crippen LogP contribution in [0.2, 0.25) is 0 Å². The van der Waals surface area contributed by atoms with Gasteiger partial charge in [0.25, 0.3) is 5.22 Å². The van der Waals surface area contributed by atoms with E-state index in [1.165, 1.54) is 6.07 Å². The molecule has 0 atom stereocenters. The molecule has 3 aromatic rings. The number of hydrogen-bond acceptors (Lipinski definition) is 5. The molecule has 3 rings (SSSR count). The predicted molar refractivity (Wildman–Crippen MR) is 75.8 cm³/mol. The van der Waals surface area contributed by atoms with E-state index in [-0.39, 0.29) is 5.63 Å². The molecule has 5 heteroatoms. The Morgan fingerprint density at radius 1 is 1.26 bits per heavy atom. The molecule has 0 aliphatic heterocycles. The highest BCUT2D eigenvalue weighted by Gasteiger charge is 2.13. The maximum absolute atomic E-state index is 11.4. The van der Waals surface area contributed by atoms with Gasteiger partial charge in [-0.2, -0.15) is 0 Å². The van der Waals surface area contributed by atoms with Gasteiger partial charge in [0, 0.05) is 11.8 Å². The molecule has 4 nitrogen and oxygen atoms in total. The molecule has 2 aromatic heterocycles. The van der Waals surface area contributed by atoms with Crippen LogP contribution in [0.15, 0.2) is 37.1 Å². The van der Waals surface area contributed by atoms with E-state index >= 15 is 0 Å². The highest BCUT2D eigenvalue weighted by Crippen LogP contribution is 2.30. The van der Waals surface area contributed by atoms with Crippen molar-refractivity contribution in [1.82, 2.24) is 4.98 Å². The number of fused-ring (bicyclic) bond motifs is 3. The number of hydrogen-bond donors (Lipinski definition) is 0. The summed E-state index contributed by atoms with van der Waals surface area (Å²) >= 11 is 1.59. The fraction of sp³-hybridized carbons (Fsp3) is 0.286. The summed E-state index contributed by atoms with van der Waals surface area (Å²) in [4.78, 5) is 15.9. The SMILES string of the molecule is CCCSc1nc2c(ccc3oc(=O)cc(C)c32)o1. The van der Waals surface area contributed by atoms with Gasteiger partial charge in [0.15, 0.2) is 5.58 Å². The molecule has 19 heavy (non-hydrogen) atoms. The first-order chi connectivity index (χ1) is 9.19. The zero-order valence-electron chi connectivity index (χ0n) is 10.7. The van der Waals surface area contributed by atoms with Gasteiger partial charge in [-0.15, -0.1) is 0 Å². The quantitative estimate of drug-likeness (QED) is 0.538. The second-order valence-corrected chi connectivity index (χ2v) is 5.41. The van der Waals surface area contributed by atoms with E-state index in [0.29, 0.717) is 10.8 Å². The molecule has 0 N–H and O–H groups in total. The molecular formula is C14H13NO3S. The second kappa shape index (κ2) is 4.74. The van der Waals surface area contributed by atoms with Crippen molar-refractivity contribution in [3.63, 3.8) is 0 Å². The fourth-order valence-corrected chi connectivity index (χ4v) is 2.74. The number of nitrogens with zero attached hydrogens (tertiary/aromatic N) is 1. The zero-order valence-corrected chi connectivity index (χ0v) is 11.5. The van der Waals surface area contributed by atoms with Gasteiger partial charge < -0.3 is 8.83 Å². The third kappa shape index (κ3) is 2.14. The lowest BCUT2D eigenvalue weighted by Gasteiger charge is -1.99. The summed E-state index contributed by atoms with van der Waals surface area (Å²) in [5.41, 5.74) is 2.56. The topological polar surface area (TPSA) is 56.2 Å². The molecule has 0 aliphatic carbocycles. The van der Waals surface area contributed by atoms with Crippen molar-refractivity contribution in [3.8, 4) is 0 Å². The molecule has 0 bridgehead atoms. The Hall–Kier alpha value is -1.75. The number of aromatic nitrogens is 1. The molecule has 0 aliphatic rings. The maximum atomic E-state index is 11.4. The molecule has 0 spiro atoms. The Morgan fingerprint density at radius 2 is 2.05 bits per heavy atom. The van der Waals surface area contributed by atoms with Gasteiger partial charge in [-0.25, -0.2) is 9.78 Å². The van der Waals surface area contributed by atoms with Crippen LogP contribution in [0.25, 0.3) is 22.1 Å². The fourth-order valence-electron chi connectivity index (χ4n) is 2.06. The summed E-state index contributed by atoms with van der Waals surface area (Å²) in [6.45, 7) is 4.00. The van der Waals surface area contributed by atoms with Crippen molar-refractivity contribution in [2.75, 3.05) is 5.75 Å². The Labute approximate surface area is 113 Å². The Kier molecular flexibility index (Phi) is 3.06. The van der Waals surface area contributed by atoms with Crippen LogP contribution < -0.4 is 5.63 Å². The van der Waals surface area contributed by atoms with Crippen LogP contribution in [0.4, 0.5) is 0 Å². The molecule has 0 radical (unpaired) electrons. The molecule has 0 unspecified atom stereocenters. The monoisotopic (exact) mass is 275 g/mol. The minimum Gasteiger partial charge on any atom is -0.431 e. The van der Waals surface area contributed by atoms with Gasteiger partial charge in [-0.1, -0.05) is 18.7 Å². The summed E-state index contributed by atoms with van der Waals surface area (Å²) < 4.78 is 10.9. The average Bonchev–Trinajstić information content (AvgIpc) is 2.78. The van der Waals surface area contributed by atoms with Crippen molar-refractivity contribution in [1.29, 1.82) is 0 Å². The lowest BCUT2D eigenvalue weighted by atomic mass is 10.1. The van der Waals surface area contributed by atoms with Crippen LogP contribution in [0, 0.1) is 6.92 Å². The van der Waals surface area contributed by atoms with Crippen LogP contribution in [-0.2, 0) is 0 Å². The number of oxazole rings is 1. The molecule has 0 fully saturated rings. The van der Waals surface area contributed by atoms with Crippen molar-refractivity contribution in [2.45, 2.75) is 25.5 Å². The molecule has 0 amide bonds. The van der Waals surface area contributed by atoms with Gasteiger partial charge in [0.05, 0.1) is 5.39 Å². The highest BCUT2D eigenvalue weighted by atomic mass is 32.2. The van der Waals surface area contributed by atoms with E-state index in [4.69, 9.17) is 8.83 Å². The molecule has 0 saturated carbocycles. The van der Waals surface area contributed by atoms with E-state index in [1.807, 2.05) is 6.92 Å². The van der Waals surface area contributed by atoms with Crippen LogP contribution in [0.1, 0.15) is 18.9 Å². The third-order valence-electron chi connectivity index (χ3n) is 2.87. The maximum Gasteiger partial charge on any atom is 0.336 e. The first kappa shape index (κ1) is 12.3. The molecule has 0 saturated heterocycles. The molecule has 1 aromatic carbocycles. The second-order valence-electron chi connectivity index (χ2n) is 4.36. The number of benzene rings is 1. The Morgan fingerprint density at radius 3 is 2.84 bits per heavy atom. The van der Waals surface area contributed by atoms with Gasteiger partial charge in [-0.3, -0.25) is 0 Å². The Balaban J connectivity index is 2.27. The highest BCUT2D eigenvalue weighted by molar-refractivity contribution is 7.99. The molecule has 2 heterocycles. The number of rotatable bonds is 3. The van der Waals surface area contributed by atoms with Crippen LogP contribution in [0.5, 0.6) is 0 Å². The van der Waals surface area contributed by atoms with Gasteiger partial charge >= 0.3 is 5.63 Å². The van der Waals surface area contributed by atoms with E-state index in [0.717, 1.165) is 34.2 Å². The summed E-state index contributed by atoms with van der Waals surface area (Å²) in [6.07, 6.45) is 1.07. The lowest BCUT2D eigenvalue weighted by molar-refractivity contribution is 0.489. The van der Waals surface area contributed by atoms with Crippen molar-refractivity contribution in [3.05, 3.63) is 34.2 Å². The Bertz CT molecular complexity index is 803. The largest absolute Gasteiger partial charge is 0.431 e. The van der Waals surface area contributed by atoms with E-state index in [9.17, 15) is 4.79 Å². The van der Waals surface area contributed by atoms with Crippen molar-refractivity contribution < 1.29 is 8.83 Å². The van der Waals surface area contributed by atoms with Crippen molar-refractivity contribution in [2.24, 2.45) is 0 Å². The summed E-state index contributed by atoms with van der Waals surface area (Å²) in [5.74, 6) is 0.971. The number of aryl methyl sites for hydroxylation is 1. The third-order valence-corrected chi connectivity index (χ3v) is 3.91. The van der Waals surface area contributed by atoms with Gasteiger partial charge in [-0.05, 0) is 31.0 Å². The average molecular weight is 275 g/mol. The van der Waals surface area contributed by atoms with E-state index in [2.05, 4.69) is 11.9 Å². The van der Waals surface area contributed by atoms with Gasteiger partial charge in [0.1, 0.15) is 11.1 Å². The van der Waals surface area contributed by atoms with Crippen LogP contribution in [0.3, 0.4) is 0 Å². The van der Waals surface area contributed by atoms with Crippen LogP contribution in [-0.4, -0.2) is 10.7 Å².